The van der Waals surface area contributed by atoms with Gasteiger partial charge in [-0.1, -0.05) is 20.3 Å². The van der Waals surface area contributed by atoms with Crippen LogP contribution < -0.4 is 0 Å². The van der Waals surface area contributed by atoms with E-state index in [1.54, 1.807) is 4.90 Å². The highest BCUT2D eigenvalue weighted by atomic mass is 16.5. The van der Waals surface area contributed by atoms with Gasteiger partial charge in [0.25, 0.3) is 0 Å². The van der Waals surface area contributed by atoms with Crippen LogP contribution in [0, 0.1) is 11.3 Å². The Kier molecular flexibility index (Phi) is 4.13. The average molecular weight is 269 g/mol. The summed E-state index contributed by atoms with van der Waals surface area (Å²) in [5.74, 6) is -0.289. The molecule has 0 spiro atoms. The fraction of sp³-hybridized carbons (Fsp3) is 0.857. The molecule has 19 heavy (non-hydrogen) atoms. The first-order valence-corrected chi connectivity index (χ1v) is 6.93. The topological polar surface area (TPSA) is 55.8 Å². The maximum Gasteiger partial charge on any atom is 0.331 e. The molecule has 1 heterocycles. The molecule has 0 aromatic rings. The summed E-state index contributed by atoms with van der Waals surface area (Å²) in [7, 11) is 1.35. The van der Waals surface area contributed by atoms with Crippen LogP contribution in [-0.4, -0.2) is 49.7 Å². The van der Waals surface area contributed by atoms with Crippen molar-refractivity contribution in [1.82, 2.24) is 4.90 Å². The zero-order valence-electron chi connectivity index (χ0n) is 12.0. The van der Waals surface area contributed by atoms with Gasteiger partial charge in [-0.05, 0) is 18.3 Å². The zero-order chi connectivity index (χ0) is 14.0. The Labute approximate surface area is 114 Å². The Morgan fingerprint density at radius 2 is 2.11 bits per heavy atom. The van der Waals surface area contributed by atoms with Crippen molar-refractivity contribution in [3.8, 4) is 0 Å². The number of carbonyl (C=O) groups is 2. The number of nitrogens with zero attached hydrogens (tertiary/aromatic N) is 1. The monoisotopic (exact) mass is 269 g/mol. The first-order valence-electron chi connectivity index (χ1n) is 6.93. The molecule has 0 bridgehead atoms. The lowest BCUT2D eigenvalue weighted by Crippen LogP contribution is -2.55. The van der Waals surface area contributed by atoms with Gasteiger partial charge in [0.15, 0.2) is 6.04 Å². The predicted octanol–water partition coefficient (Wildman–Crippen LogP) is 1.21. The van der Waals surface area contributed by atoms with Gasteiger partial charge >= 0.3 is 5.97 Å². The van der Waals surface area contributed by atoms with Gasteiger partial charge in [0.2, 0.25) is 5.91 Å². The number of esters is 1. The summed E-state index contributed by atoms with van der Waals surface area (Å²) in [4.78, 5) is 26.1. The van der Waals surface area contributed by atoms with E-state index in [1.807, 2.05) is 0 Å². The number of methoxy groups -OCH3 is 1. The molecule has 2 fully saturated rings. The summed E-state index contributed by atoms with van der Waals surface area (Å²) in [6.45, 7) is 5.48. The Balaban J connectivity index is 2.13. The molecule has 1 amide bonds. The molecule has 1 aliphatic carbocycles. The number of rotatable bonds is 2. The van der Waals surface area contributed by atoms with Crippen LogP contribution >= 0.6 is 0 Å². The quantitative estimate of drug-likeness (QED) is 0.707. The molecule has 0 aromatic carbocycles. The Morgan fingerprint density at radius 3 is 2.68 bits per heavy atom. The lowest BCUT2D eigenvalue weighted by Gasteiger charge is -2.38. The normalized spacial score (nSPS) is 30.2. The summed E-state index contributed by atoms with van der Waals surface area (Å²) < 4.78 is 10.1. The fourth-order valence-electron chi connectivity index (χ4n) is 3.18. The molecule has 1 aliphatic heterocycles. The number of carbonyl (C=O) groups excluding carboxylic acids is 2. The standard InChI is InChI=1S/C14H23NO4/c1-14(2)6-4-5-10(14)12(16)15-7-8-19-9-11(15)13(17)18-3/h10-11H,4-9H2,1-3H3. The maximum atomic E-state index is 12.7. The highest BCUT2D eigenvalue weighted by Crippen LogP contribution is 2.43. The van der Waals surface area contributed by atoms with Crippen molar-refractivity contribution in [1.29, 1.82) is 0 Å². The summed E-state index contributed by atoms with van der Waals surface area (Å²) in [5.41, 5.74) is 0.0239. The van der Waals surface area contributed by atoms with Crippen molar-refractivity contribution in [2.45, 2.75) is 39.2 Å². The van der Waals surface area contributed by atoms with Gasteiger partial charge in [-0.2, -0.15) is 0 Å². The molecule has 5 nitrogen and oxygen atoms in total. The van der Waals surface area contributed by atoms with Gasteiger partial charge in [-0.3, -0.25) is 4.79 Å². The SMILES string of the molecule is COC(=O)C1COCCN1C(=O)C1CCCC1(C)C. The maximum absolute atomic E-state index is 12.7. The molecule has 1 saturated heterocycles. The van der Waals surface area contributed by atoms with E-state index in [9.17, 15) is 9.59 Å². The van der Waals surface area contributed by atoms with Crippen LogP contribution in [0.4, 0.5) is 0 Å². The van der Waals surface area contributed by atoms with Crippen molar-refractivity contribution in [3.05, 3.63) is 0 Å². The molecule has 2 unspecified atom stereocenters. The molecule has 0 N–H and O–H groups in total. The van der Waals surface area contributed by atoms with Gasteiger partial charge in [0.1, 0.15) is 0 Å². The molecule has 2 atom stereocenters. The van der Waals surface area contributed by atoms with Gasteiger partial charge in [0.05, 0.1) is 20.3 Å². The van der Waals surface area contributed by atoms with E-state index in [-0.39, 0.29) is 29.8 Å². The Hall–Kier alpha value is -1.10. The Bertz CT molecular complexity index is 366. The van der Waals surface area contributed by atoms with Gasteiger partial charge < -0.3 is 14.4 Å². The summed E-state index contributed by atoms with van der Waals surface area (Å²) in [6.07, 6.45) is 3.06. The third-order valence-electron chi connectivity index (χ3n) is 4.44. The van der Waals surface area contributed by atoms with Crippen LogP contribution in [-0.2, 0) is 19.1 Å². The number of amides is 1. The van der Waals surface area contributed by atoms with E-state index in [4.69, 9.17) is 9.47 Å². The molecule has 2 aliphatic rings. The second-order valence-electron chi connectivity index (χ2n) is 6.08. The highest BCUT2D eigenvalue weighted by Gasteiger charge is 2.44. The molecule has 1 saturated carbocycles. The summed E-state index contributed by atoms with van der Waals surface area (Å²) in [5, 5.41) is 0. The van der Waals surface area contributed by atoms with Crippen molar-refractivity contribution in [3.63, 3.8) is 0 Å². The van der Waals surface area contributed by atoms with Gasteiger partial charge in [-0.15, -0.1) is 0 Å². The van der Waals surface area contributed by atoms with E-state index < -0.39 is 6.04 Å². The summed E-state index contributed by atoms with van der Waals surface area (Å²) >= 11 is 0. The van der Waals surface area contributed by atoms with Crippen molar-refractivity contribution in [2.75, 3.05) is 26.9 Å². The van der Waals surface area contributed by atoms with E-state index >= 15 is 0 Å². The largest absolute Gasteiger partial charge is 0.467 e. The minimum absolute atomic E-state index is 0.0118. The molecule has 108 valence electrons. The number of hydrogen-bond donors (Lipinski definition) is 0. The Morgan fingerprint density at radius 1 is 1.37 bits per heavy atom. The van der Waals surface area contributed by atoms with E-state index in [0.29, 0.717) is 13.2 Å². The first kappa shape index (κ1) is 14.3. The van der Waals surface area contributed by atoms with Crippen LogP contribution in [0.2, 0.25) is 0 Å². The van der Waals surface area contributed by atoms with Crippen LogP contribution in [0.25, 0.3) is 0 Å². The van der Waals surface area contributed by atoms with Gasteiger partial charge in [-0.25, -0.2) is 4.79 Å². The smallest absolute Gasteiger partial charge is 0.331 e. The van der Waals surface area contributed by atoms with Crippen LogP contribution in [0.5, 0.6) is 0 Å². The van der Waals surface area contributed by atoms with Crippen LogP contribution in [0.1, 0.15) is 33.1 Å². The number of ether oxygens (including phenoxy) is 2. The van der Waals surface area contributed by atoms with E-state index in [0.717, 1.165) is 19.3 Å². The third kappa shape index (κ3) is 2.76. The second-order valence-corrected chi connectivity index (χ2v) is 6.08. The predicted molar refractivity (Wildman–Crippen MR) is 69.5 cm³/mol. The minimum atomic E-state index is -0.581. The molecule has 2 rings (SSSR count). The van der Waals surface area contributed by atoms with Crippen molar-refractivity contribution < 1.29 is 19.1 Å². The average Bonchev–Trinajstić information content (AvgIpc) is 2.76. The van der Waals surface area contributed by atoms with E-state index in [1.165, 1.54) is 7.11 Å². The molecule has 0 radical (unpaired) electrons. The number of morpholine rings is 1. The van der Waals surface area contributed by atoms with Crippen LogP contribution in [0.3, 0.4) is 0 Å². The van der Waals surface area contributed by atoms with Crippen LogP contribution in [0.15, 0.2) is 0 Å². The first-order chi connectivity index (χ1) is 8.97. The number of hydrogen-bond acceptors (Lipinski definition) is 4. The fourth-order valence-corrected chi connectivity index (χ4v) is 3.18. The highest BCUT2D eigenvalue weighted by molar-refractivity contribution is 5.86. The zero-order valence-corrected chi connectivity index (χ0v) is 12.0. The minimum Gasteiger partial charge on any atom is -0.467 e. The molecule has 5 heteroatoms. The van der Waals surface area contributed by atoms with Crippen molar-refractivity contribution in [2.24, 2.45) is 11.3 Å². The molecular weight excluding hydrogens is 246 g/mol. The third-order valence-corrected chi connectivity index (χ3v) is 4.44. The lowest BCUT2D eigenvalue weighted by atomic mass is 9.81. The summed E-state index contributed by atoms with van der Waals surface area (Å²) in [6, 6.07) is -0.581. The molecule has 0 aromatic heterocycles. The van der Waals surface area contributed by atoms with E-state index in [2.05, 4.69) is 13.8 Å². The van der Waals surface area contributed by atoms with Crippen molar-refractivity contribution >= 4 is 11.9 Å². The second kappa shape index (κ2) is 5.49. The lowest BCUT2D eigenvalue weighted by molar-refractivity contribution is -0.163. The van der Waals surface area contributed by atoms with Gasteiger partial charge in [0, 0.05) is 12.5 Å². The molecular formula is C14H23NO4.